The molecule has 1 heterocycles. The maximum absolute atomic E-state index is 13.2. The first-order valence-corrected chi connectivity index (χ1v) is 15.1. The number of nitrogens with zero attached hydrogens (tertiary/aromatic N) is 1. The third-order valence-corrected chi connectivity index (χ3v) is 9.15. The molecule has 1 aliphatic carbocycles. The summed E-state index contributed by atoms with van der Waals surface area (Å²) >= 11 is 2.25. The first-order chi connectivity index (χ1) is 18.3. The topological polar surface area (TPSA) is 114 Å². The van der Waals surface area contributed by atoms with Crippen LogP contribution in [0.15, 0.2) is 65.3 Å². The average molecular weight is 657 g/mol. The minimum atomic E-state index is -3.86. The summed E-state index contributed by atoms with van der Waals surface area (Å²) in [6, 6.07) is 14.1. The van der Waals surface area contributed by atoms with Crippen LogP contribution in [0.2, 0.25) is 0 Å². The van der Waals surface area contributed by atoms with E-state index in [1.165, 1.54) is 23.5 Å². The van der Waals surface area contributed by atoms with E-state index < -0.39 is 16.3 Å². The number of aliphatic hydroxyl groups is 1. The van der Waals surface area contributed by atoms with Gasteiger partial charge in [-0.15, -0.1) is 0 Å². The Kier molecular flexibility index (Phi) is 10.0. The smallest absolute Gasteiger partial charge is 0.286 e. The van der Waals surface area contributed by atoms with Gasteiger partial charge in [0, 0.05) is 35.5 Å². The molecular formula is C27H33IN2O7S. The lowest BCUT2D eigenvalue weighted by Gasteiger charge is -2.30. The number of sulfonamides is 1. The van der Waals surface area contributed by atoms with Gasteiger partial charge in [0.05, 0.1) is 25.2 Å². The van der Waals surface area contributed by atoms with E-state index in [4.69, 9.17) is 14.2 Å². The molecule has 1 saturated carbocycles. The Balaban J connectivity index is 1.42. The number of methoxy groups -OCH3 is 1. The minimum Gasteiger partial charge on any atom is -0.497 e. The van der Waals surface area contributed by atoms with Gasteiger partial charge in [0.15, 0.2) is 5.76 Å². The molecule has 0 saturated heterocycles. The maximum Gasteiger partial charge on any atom is 0.286 e. The van der Waals surface area contributed by atoms with Crippen molar-refractivity contribution >= 4 is 38.5 Å². The lowest BCUT2D eigenvalue weighted by atomic mass is 9.93. The molecule has 0 spiro atoms. The van der Waals surface area contributed by atoms with Gasteiger partial charge in [-0.05, 0) is 89.4 Å². The number of aliphatic hydroxyl groups excluding tert-OH is 1. The summed E-state index contributed by atoms with van der Waals surface area (Å²) in [6.45, 7) is 0.242. The van der Waals surface area contributed by atoms with E-state index in [-0.39, 0.29) is 48.8 Å². The molecule has 206 valence electrons. The van der Waals surface area contributed by atoms with Gasteiger partial charge in [-0.2, -0.15) is 4.31 Å². The molecule has 0 bridgehead atoms. The lowest BCUT2D eigenvalue weighted by molar-refractivity contribution is -0.146. The first-order valence-electron chi connectivity index (χ1n) is 12.6. The van der Waals surface area contributed by atoms with Crippen molar-refractivity contribution in [3.8, 4) is 5.75 Å². The summed E-state index contributed by atoms with van der Waals surface area (Å²) < 4.78 is 45.6. The predicted molar refractivity (Wildman–Crippen MR) is 150 cm³/mol. The number of hydrogen-bond acceptors (Lipinski definition) is 7. The molecule has 38 heavy (non-hydrogen) atoms. The first kappa shape index (κ1) is 28.8. The van der Waals surface area contributed by atoms with E-state index in [9.17, 15) is 18.3 Å². The zero-order valence-electron chi connectivity index (χ0n) is 21.2. The highest BCUT2D eigenvalue weighted by Crippen LogP contribution is 2.32. The summed E-state index contributed by atoms with van der Waals surface area (Å²) in [5.41, 5.74) is 1.04. The summed E-state index contributed by atoms with van der Waals surface area (Å²) in [6.07, 6.45) is 3.83. The van der Waals surface area contributed by atoms with Crippen molar-refractivity contribution in [2.75, 3.05) is 40.0 Å². The number of ether oxygens (including phenoxy) is 3. The summed E-state index contributed by atoms with van der Waals surface area (Å²) in [5.74, 6) is 0.924. The zero-order chi connectivity index (χ0) is 27.1. The van der Waals surface area contributed by atoms with Crippen LogP contribution in [0.1, 0.15) is 30.7 Å². The highest BCUT2D eigenvalue weighted by molar-refractivity contribution is 14.1. The molecule has 2 aromatic rings. The van der Waals surface area contributed by atoms with Crippen LogP contribution in [0.4, 0.5) is 0 Å². The normalized spacial score (nSPS) is 19.5. The van der Waals surface area contributed by atoms with E-state index in [0.717, 1.165) is 22.0 Å². The molecule has 0 radical (unpaired) electrons. The van der Waals surface area contributed by atoms with Gasteiger partial charge in [0.1, 0.15) is 5.75 Å². The molecule has 2 N–H and O–H groups in total. The number of amides is 1. The van der Waals surface area contributed by atoms with Gasteiger partial charge in [0.25, 0.3) is 5.91 Å². The van der Waals surface area contributed by atoms with Crippen LogP contribution in [0.25, 0.3) is 0 Å². The molecule has 2 atom stereocenters. The third-order valence-electron chi connectivity index (χ3n) is 6.52. The zero-order valence-corrected chi connectivity index (χ0v) is 24.2. The van der Waals surface area contributed by atoms with Crippen LogP contribution in [0.5, 0.6) is 5.75 Å². The van der Waals surface area contributed by atoms with Gasteiger partial charge in [-0.1, -0.05) is 12.1 Å². The van der Waals surface area contributed by atoms with Gasteiger partial charge < -0.3 is 24.6 Å². The molecule has 0 unspecified atom stereocenters. The second-order valence-corrected chi connectivity index (χ2v) is 12.5. The summed E-state index contributed by atoms with van der Waals surface area (Å²) in [7, 11) is -2.36. The van der Waals surface area contributed by atoms with Gasteiger partial charge in [-0.25, -0.2) is 8.42 Å². The van der Waals surface area contributed by atoms with Crippen LogP contribution in [0.3, 0.4) is 0 Å². The molecule has 4 rings (SSSR count). The summed E-state index contributed by atoms with van der Waals surface area (Å²) in [5, 5.41) is 12.4. The van der Waals surface area contributed by atoms with Gasteiger partial charge >= 0.3 is 0 Å². The van der Waals surface area contributed by atoms with Crippen molar-refractivity contribution in [1.82, 2.24) is 9.62 Å². The van der Waals surface area contributed by atoms with Crippen LogP contribution < -0.4 is 10.1 Å². The van der Waals surface area contributed by atoms with Crippen molar-refractivity contribution in [2.24, 2.45) is 5.92 Å². The van der Waals surface area contributed by atoms with E-state index in [1.54, 1.807) is 12.1 Å². The Hall–Kier alpha value is -2.19. The second kappa shape index (κ2) is 13.2. The van der Waals surface area contributed by atoms with Crippen molar-refractivity contribution < 1.29 is 32.5 Å². The van der Waals surface area contributed by atoms with Crippen LogP contribution in [-0.4, -0.2) is 70.0 Å². The molecule has 11 heteroatoms. The SMILES string of the molecule is COc1ccc(S(=O)(=O)N(CCO)CCO[C@@H]2C[C@H](c3ccc(I)cc3)C=C(C(=O)NCC3CC3)O2)cc1. The van der Waals surface area contributed by atoms with E-state index in [1.807, 2.05) is 30.3 Å². The second-order valence-electron chi connectivity index (χ2n) is 9.30. The number of carbonyl (C=O) groups excluding carboxylic acids is 1. The van der Waals surface area contributed by atoms with E-state index in [0.29, 0.717) is 24.6 Å². The van der Waals surface area contributed by atoms with Crippen LogP contribution in [0, 0.1) is 9.49 Å². The quantitative estimate of drug-likeness (QED) is 0.319. The lowest BCUT2D eigenvalue weighted by Crippen LogP contribution is -2.38. The number of nitrogens with one attached hydrogen (secondary N) is 1. The van der Waals surface area contributed by atoms with Crippen molar-refractivity contribution in [2.45, 2.75) is 36.4 Å². The molecule has 2 aromatic carbocycles. The Morgan fingerprint density at radius 1 is 1.13 bits per heavy atom. The number of hydrogen-bond donors (Lipinski definition) is 2. The monoisotopic (exact) mass is 656 g/mol. The van der Waals surface area contributed by atoms with Crippen molar-refractivity contribution in [3.05, 3.63) is 69.5 Å². The molecular weight excluding hydrogens is 623 g/mol. The number of rotatable bonds is 13. The number of benzene rings is 2. The van der Waals surface area contributed by atoms with E-state index in [2.05, 4.69) is 27.9 Å². The fraction of sp³-hybridized carbons (Fsp3) is 0.444. The Labute approximate surface area is 237 Å². The van der Waals surface area contributed by atoms with Gasteiger partial charge in [-0.3, -0.25) is 4.79 Å². The maximum atomic E-state index is 13.2. The molecule has 0 aromatic heterocycles. The van der Waals surface area contributed by atoms with Crippen LogP contribution >= 0.6 is 22.6 Å². The largest absolute Gasteiger partial charge is 0.497 e. The fourth-order valence-corrected chi connectivity index (χ4v) is 5.93. The average Bonchev–Trinajstić information content (AvgIpc) is 3.76. The Morgan fingerprint density at radius 3 is 2.47 bits per heavy atom. The van der Waals surface area contributed by atoms with E-state index >= 15 is 0 Å². The van der Waals surface area contributed by atoms with Crippen molar-refractivity contribution in [1.29, 1.82) is 0 Å². The number of allylic oxidation sites excluding steroid dienone is 1. The summed E-state index contributed by atoms with van der Waals surface area (Å²) in [4.78, 5) is 12.9. The predicted octanol–water partition coefficient (Wildman–Crippen LogP) is 3.24. The van der Waals surface area contributed by atoms with Gasteiger partial charge in [0.2, 0.25) is 16.3 Å². The third kappa shape index (κ3) is 7.69. The molecule has 1 fully saturated rings. The highest BCUT2D eigenvalue weighted by Gasteiger charge is 2.31. The highest BCUT2D eigenvalue weighted by atomic mass is 127. The molecule has 2 aliphatic rings. The molecule has 1 amide bonds. The number of halogens is 1. The number of carbonyl (C=O) groups is 1. The van der Waals surface area contributed by atoms with Crippen molar-refractivity contribution in [3.63, 3.8) is 0 Å². The Morgan fingerprint density at radius 2 is 1.84 bits per heavy atom. The van der Waals surface area contributed by atoms with Crippen LogP contribution in [-0.2, 0) is 24.3 Å². The standard InChI is InChI=1S/C27H33IN2O7S/c1-35-23-8-10-24(11-9-23)38(33,34)30(12-14-31)13-15-36-26-17-21(20-4-6-22(28)7-5-20)16-25(37-26)27(32)29-18-19-2-3-19/h4-11,16,19,21,26,31H,2-3,12-15,17-18H2,1H3,(H,29,32)/t21-,26+/m1/s1. The Bertz CT molecular complexity index is 1210. The molecule has 9 nitrogen and oxygen atoms in total. The molecule has 1 aliphatic heterocycles. The minimum absolute atomic E-state index is 0.00983. The fourth-order valence-electron chi connectivity index (χ4n) is 4.15.